The Balaban J connectivity index is 1.31. The topological polar surface area (TPSA) is 94.1 Å². The Kier molecular flexibility index (Phi) is 6.99. The van der Waals surface area contributed by atoms with Crippen LogP contribution in [0.25, 0.3) is 11.2 Å². The average Bonchev–Trinajstić information content (AvgIpc) is 3.25. The number of likely N-dealkylation sites (tertiary alicyclic amines) is 1. The van der Waals surface area contributed by atoms with Gasteiger partial charge >= 0.3 is 0 Å². The summed E-state index contributed by atoms with van der Waals surface area (Å²) < 4.78 is 15.3. The summed E-state index contributed by atoms with van der Waals surface area (Å²) in [5.74, 6) is -0.0657. The Labute approximate surface area is 212 Å². The number of carbonyl (C=O) groups is 2. The average molecular weight is 504 g/mol. The van der Waals surface area contributed by atoms with Crippen molar-refractivity contribution in [2.24, 2.45) is 11.7 Å². The van der Waals surface area contributed by atoms with Crippen LogP contribution in [-0.4, -0.2) is 44.3 Å². The highest BCUT2D eigenvalue weighted by atomic mass is 32.2. The predicted octanol–water partition coefficient (Wildman–Crippen LogP) is 4.25. The first-order valence-corrected chi connectivity index (χ1v) is 12.8. The molecule has 5 rings (SSSR count). The van der Waals surface area contributed by atoms with Crippen LogP contribution in [0.1, 0.15) is 34.3 Å². The van der Waals surface area contributed by atoms with Crippen LogP contribution in [-0.2, 0) is 17.1 Å². The van der Waals surface area contributed by atoms with Crippen LogP contribution < -0.4 is 5.73 Å². The molecule has 0 saturated carbocycles. The SMILES string of the molecule is NC(=O)C1CCN(C(=O)c2ccc(Cn3c(SCc4ccc(F)cc4)nc4cccnc43)cc2)CC1. The predicted molar refractivity (Wildman–Crippen MR) is 137 cm³/mol. The van der Waals surface area contributed by atoms with Gasteiger partial charge in [-0.2, -0.15) is 0 Å². The van der Waals surface area contributed by atoms with E-state index in [2.05, 4.69) is 9.55 Å². The second-order valence-electron chi connectivity index (χ2n) is 8.91. The van der Waals surface area contributed by atoms with Crippen molar-refractivity contribution >= 4 is 34.7 Å². The van der Waals surface area contributed by atoms with Crippen molar-refractivity contribution < 1.29 is 14.0 Å². The largest absolute Gasteiger partial charge is 0.369 e. The first kappa shape index (κ1) is 24.0. The molecule has 1 fully saturated rings. The third kappa shape index (κ3) is 5.26. The van der Waals surface area contributed by atoms with Crippen LogP contribution in [0.4, 0.5) is 4.39 Å². The van der Waals surface area contributed by atoms with Crippen LogP contribution in [0.5, 0.6) is 0 Å². The molecule has 0 bridgehead atoms. The van der Waals surface area contributed by atoms with E-state index >= 15 is 0 Å². The molecule has 0 atom stereocenters. The molecule has 0 radical (unpaired) electrons. The lowest BCUT2D eigenvalue weighted by Gasteiger charge is -2.30. The summed E-state index contributed by atoms with van der Waals surface area (Å²) in [5.41, 5.74) is 9.65. The minimum atomic E-state index is -0.289. The normalized spacial score (nSPS) is 14.3. The van der Waals surface area contributed by atoms with E-state index < -0.39 is 0 Å². The van der Waals surface area contributed by atoms with E-state index in [1.165, 1.54) is 12.1 Å². The summed E-state index contributed by atoms with van der Waals surface area (Å²) in [6.07, 6.45) is 2.97. The zero-order chi connectivity index (χ0) is 25.1. The van der Waals surface area contributed by atoms with Crippen LogP contribution in [0.15, 0.2) is 72.0 Å². The van der Waals surface area contributed by atoms with Crippen molar-refractivity contribution in [1.29, 1.82) is 0 Å². The van der Waals surface area contributed by atoms with Gasteiger partial charge in [0.15, 0.2) is 10.8 Å². The lowest BCUT2D eigenvalue weighted by Crippen LogP contribution is -2.41. The summed E-state index contributed by atoms with van der Waals surface area (Å²) >= 11 is 1.58. The van der Waals surface area contributed by atoms with E-state index in [9.17, 15) is 14.0 Å². The molecule has 1 aliphatic heterocycles. The molecular weight excluding hydrogens is 477 g/mol. The van der Waals surface area contributed by atoms with E-state index in [-0.39, 0.29) is 23.5 Å². The minimum Gasteiger partial charge on any atom is -0.369 e. The van der Waals surface area contributed by atoms with E-state index in [1.54, 1.807) is 35.0 Å². The van der Waals surface area contributed by atoms with Crippen molar-refractivity contribution in [2.75, 3.05) is 13.1 Å². The monoisotopic (exact) mass is 503 g/mol. The van der Waals surface area contributed by atoms with E-state index in [1.807, 2.05) is 36.4 Å². The molecule has 7 nitrogen and oxygen atoms in total. The molecule has 2 aromatic heterocycles. The number of amides is 2. The number of pyridine rings is 1. The first-order chi connectivity index (χ1) is 17.5. The molecule has 1 aliphatic rings. The molecule has 4 aromatic rings. The molecule has 0 aliphatic carbocycles. The van der Waals surface area contributed by atoms with Gasteiger partial charge in [0, 0.05) is 36.5 Å². The second kappa shape index (κ2) is 10.5. The lowest BCUT2D eigenvalue weighted by atomic mass is 9.96. The van der Waals surface area contributed by atoms with Crippen molar-refractivity contribution in [3.05, 3.63) is 89.4 Å². The maximum Gasteiger partial charge on any atom is 0.253 e. The Morgan fingerprint density at radius 2 is 1.69 bits per heavy atom. The number of primary amides is 1. The highest BCUT2D eigenvalue weighted by Crippen LogP contribution is 2.27. The van der Waals surface area contributed by atoms with Crippen molar-refractivity contribution in [3.8, 4) is 0 Å². The molecule has 2 aromatic carbocycles. The van der Waals surface area contributed by atoms with Crippen LogP contribution in [0.3, 0.4) is 0 Å². The quantitative estimate of drug-likeness (QED) is 0.381. The minimum absolute atomic E-state index is 0.0326. The highest BCUT2D eigenvalue weighted by molar-refractivity contribution is 7.98. The van der Waals surface area contributed by atoms with Crippen LogP contribution in [0, 0.1) is 11.7 Å². The fraction of sp³-hybridized carbons (Fsp3) is 0.259. The number of fused-ring (bicyclic) bond motifs is 1. The van der Waals surface area contributed by atoms with Crippen LogP contribution >= 0.6 is 11.8 Å². The van der Waals surface area contributed by atoms with Gasteiger partial charge in [0.25, 0.3) is 5.91 Å². The molecule has 2 amide bonds. The number of halogens is 1. The summed E-state index contributed by atoms with van der Waals surface area (Å²) in [6.45, 7) is 1.63. The number of piperidine rings is 1. The summed E-state index contributed by atoms with van der Waals surface area (Å²) in [5, 5.41) is 0.825. The van der Waals surface area contributed by atoms with Gasteiger partial charge in [-0.25, -0.2) is 14.4 Å². The van der Waals surface area contributed by atoms with E-state index in [0.29, 0.717) is 43.8 Å². The molecule has 36 heavy (non-hydrogen) atoms. The van der Waals surface area contributed by atoms with E-state index in [4.69, 9.17) is 10.7 Å². The fourth-order valence-electron chi connectivity index (χ4n) is 4.40. The fourth-order valence-corrected chi connectivity index (χ4v) is 5.36. The molecular formula is C27H26FN5O2S. The number of hydrogen-bond acceptors (Lipinski definition) is 5. The van der Waals surface area contributed by atoms with E-state index in [0.717, 1.165) is 27.4 Å². The molecule has 1 saturated heterocycles. The van der Waals surface area contributed by atoms with Crippen molar-refractivity contribution in [3.63, 3.8) is 0 Å². The molecule has 0 unspecified atom stereocenters. The van der Waals surface area contributed by atoms with Gasteiger partial charge in [-0.1, -0.05) is 36.0 Å². The number of imidazole rings is 1. The number of aromatic nitrogens is 3. The Bertz CT molecular complexity index is 1380. The molecule has 184 valence electrons. The number of thioether (sulfide) groups is 1. The second-order valence-corrected chi connectivity index (χ2v) is 9.85. The number of nitrogens with two attached hydrogens (primary N) is 1. The van der Waals surface area contributed by atoms with Gasteiger partial charge in [0.1, 0.15) is 11.3 Å². The maximum atomic E-state index is 13.3. The number of benzene rings is 2. The smallest absolute Gasteiger partial charge is 0.253 e. The zero-order valence-corrected chi connectivity index (χ0v) is 20.5. The number of rotatable bonds is 7. The highest BCUT2D eigenvalue weighted by Gasteiger charge is 2.26. The van der Waals surface area contributed by atoms with Gasteiger partial charge in [-0.15, -0.1) is 0 Å². The molecule has 0 spiro atoms. The Morgan fingerprint density at radius 1 is 1.00 bits per heavy atom. The summed E-state index contributed by atoms with van der Waals surface area (Å²) in [7, 11) is 0. The van der Waals surface area contributed by atoms with Gasteiger partial charge in [-0.3, -0.25) is 14.2 Å². The van der Waals surface area contributed by atoms with Crippen molar-refractivity contribution in [2.45, 2.75) is 30.3 Å². The Morgan fingerprint density at radius 3 is 2.39 bits per heavy atom. The van der Waals surface area contributed by atoms with Gasteiger partial charge in [0.2, 0.25) is 5.91 Å². The maximum absolute atomic E-state index is 13.3. The zero-order valence-electron chi connectivity index (χ0n) is 19.6. The summed E-state index contributed by atoms with van der Waals surface area (Å²) in [6, 6.07) is 17.9. The van der Waals surface area contributed by atoms with Gasteiger partial charge in [0.05, 0.1) is 6.54 Å². The van der Waals surface area contributed by atoms with Gasteiger partial charge < -0.3 is 10.6 Å². The first-order valence-electron chi connectivity index (χ1n) is 11.8. The number of nitrogens with zero attached hydrogens (tertiary/aromatic N) is 4. The molecule has 9 heteroatoms. The Hall–Kier alpha value is -3.72. The number of hydrogen-bond donors (Lipinski definition) is 1. The molecule has 2 N–H and O–H groups in total. The third-order valence-electron chi connectivity index (χ3n) is 6.48. The van der Waals surface area contributed by atoms with Crippen molar-refractivity contribution in [1.82, 2.24) is 19.4 Å². The lowest BCUT2D eigenvalue weighted by molar-refractivity contribution is -0.123. The van der Waals surface area contributed by atoms with Crippen LogP contribution in [0.2, 0.25) is 0 Å². The number of carbonyl (C=O) groups excluding carboxylic acids is 2. The summed E-state index contributed by atoms with van der Waals surface area (Å²) in [4.78, 5) is 35.4. The molecule has 3 heterocycles. The standard InChI is InChI=1S/C27H26FN5O2S/c28-22-9-5-19(6-10-22)17-36-27-31-23-2-1-13-30-25(23)33(27)16-18-3-7-21(8-4-18)26(35)32-14-11-20(12-15-32)24(29)34/h1-10,13,20H,11-12,14-17H2,(H2,29,34). The third-order valence-corrected chi connectivity index (χ3v) is 7.52. The van der Waals surface area contributed by atoms with Gasteiger partial charge in [-0.05, 0) is 60.4 Å².